The van der Waals surface area contributed by atoms with Crippen LogP contribution < -0.4 is 0 Å². The van der Waals surface area contributed by atoms with E-state index in [0.717, 1.165) is 0 Å². The fraction of sp³-hybridized carbons (Fsp3) is 0.444. The molecule has 0 fully saturated rings. The predicted molar refractivity (Wildman–Crippen MR) is 114 cm³/mol. The zero-order valence-corrected chi connectivity index (χ0v) is 18.4. The summed E-state index contributed by atoms with van der Waals surface area (Å²) in [6, 6.07) is 9.02. The van der Waals surface area contributed by atoms with Crippen LogP contribution in [0.15, 0.2) is 47.2 Å². The molecule has 1 aromatic carbocycles. The number of benzene rings is 1. The van der Waals surface area contributed by atoms with Crippen LogP contribution in [0, 0.1) is 0 Å². The van der Waals surface area contributed by atoms with Gasteiger partial charge in [-0.2, -0.15) is 4.79 Å². The van der Waals surface area contributed by atoms with Crippen molar-refractivity contribution in [2.24, 2.45) is 4.99 Å². The highest BCUT2D eigenvalue weighted by molar-refractivity contribution is 7.52. The minimum Gasteiger partial charge on any atom is -0.491 e. The summed E-state index contributed by atoms with van der Waals surface area (Å²) < 4.78 is 33.3. The Morgan fingerprint density at radius 1 is 1.03 bits per heavy atom. The lowest BCUT2D eigenvalue weighted by atomic mass is 9.98. The fourth-order valence-electron chi connectivity index (χ4n) is 2.76. The average Bonchev–Trinajstić information content (AvgIpc) is 2.69. The minimum absolute atomic E-state index is 0.0251. The Morgan fingerprint density at radius 2 is 1.65 bits per heavy atom. The van der Waals surface area contributed by atoms with Gasteiger partial charge >= 0.3 is 20.9 Å². The molecule has 2 rings (SSSR count). The third-order valence-electron chi connectivity index (χ3n) is 4.17. The number of aliphatic imine (C=N–C) groups is 1. The van der Waals surface area contributed by atoms with Crippen molar-refractivity contribution in [1.29, 1.82) is 0 Å². The number of nitrogens with zero attached hydrogens (tertiary/aromatic N) is 3. The van der Waals surface area contributed by atoms with Crippen LogP contribution in [0.3, 0.4) is 0 Å². The molecule has 0 spiro atoms. The van der Waals surface area contributed by atoms with Gasteiger partial charge in [0.25, 0.3) is 0 Å². The van der Waals surface area contributed by atoms with Crippen LogP contribution in [0.5, 0.6) is 0 Å². The summed E-state index contributed by atoms with van der Waals surface area (Å²) >= 11 is 0. The van der Waals surface area contributed by atoms with Crippen molar-refractivity contribution in [1.82, 2.24) is 0 Å². The van der Waals surface area contributed by atoms with E-state index in [2.05, 4.69) is 9.78 Å². The molecule has 0 aromatic heterocycles. The highest BCUT2D eigenvalue weighted by atomic mass is 31.2. The van der Waals surface area contributed by atoms with Gasteiger partial charge in [0.15, 0.2) is 6.10 Å². The molecular weight excluding hydrogens is 448 g/mol. The van der Waals surface area contributed by atoms with Gasteiger partial charge in [0, 0.05) is 13.0 Å². The second-order valence-corrected chi connectivity index (χ2v) is 10.4. The van der Waals surface area contributed by atoms with Crippen LogP contribution in [0.1, 0.15) is 19.3 Å². The van der Waals surface area contributed by atoms with Gasteiger partial charge in [-0.05, 0) is 25.0 Å². The quantitative estimate of drug-likeness (QED) is 0.163. The molecule has 0 aliphatic heterocycles. The van der Waals surface area contributed by atoms with Crippen molar-refractivity contribution >= 4 is 32.3 Å². The Hall–Kier alpha value is -1.93. The maximum absolute atomic E-state index is 11.0. The van der Waals surface area contributed by atoms with Crippen molar-refractivity contribution in [2.45, 2.75) is 25.4 Å². The first-order valence-corrected chi connectivity index (χ1v) is 13.1. The molecule has 1 atom stereocenters. The molecule has 170 valence electrons. The van der Waals surface area contributed by atoms with Crippen molar-refractivity contribution in [3.8, 4) is 0 Å². The van der Waals surface area contributed by atoms with Crippen LogP contribution in [0.2, 0.25) is 0 Å². The molecule has 0 saturated heterocycles. The number of para-hydroxylation sites is 1. The summed E-state index contributed by atoms with van der Waals surface area (Å²) in [5.74, 6) is 0.289. The molecule has 0 saturated carbocycles. The smallest absolute Gasteiger partial charge is 0.325 e. The van der Waals surface area contributed by atoms with E-state index in [1.54, 1.807) is 12.1 Å². The number of ether oxygens (including phenoxy) is 2. The number of hydrogen-bond donors (Lipinski definition) is 4. The number of hydrogen-bond acceptors (Lipinski definition) is 5. The average molecular weight is 473 g/mol. The monoisotopic (exact) mass is 473 g/mol. The molecule has 4 N–H and O–H groups in total. The molecule has 0 radical (unpaired) electrons. The SMILES string of the molecule is [N-]=[N+]=C1C=C(OCCCP(=O)(O)O)C(=Nc2ccccc2)CC1OCCCP(=O)(O)O. The standard InChI is InChI=1S/C18H25N3O8P2/c19-21-16-13-17(28-8-4-10-30(22,23)24)15(20-14-6-2-1-3-7-14)12-18(16)29-9-5-11-31(25,26)27/h1-3,6-7,13,18H,4-5,8-12H2,(H2,22,23,24)(H2,25,26,27). The third kappa shape index (κ3) is 9.82. The molecule has 0 amide bonds. The predicted octanol–water partition coefficient (Wildman–Crippen LogP) is 2.25. The lowest BCUT2D eigenvalue weighted by Crippen LogP contribution is -2.33. The van der Waals surface area contributed by atoms with Gasteiger partial charge in [0.2, 0.25) is 0 Å². The van der Waals surface area contributed by atoms with Crippen LogP contribution in [0.4, 0.5) is 5.69 Å². The molecule has 13 heteroatoms. The molecule has 0 heterocycles. The zero-order valence-electron chi connectivity index (χ0n) is 16.6. The van der Waals surface area contributed by atoms with Gasteiger partial charge in [-0.15, -0.1) is 0 Å². The van der Waals surface area contributed by atoms with Crippen molar-refractivity contribution in [2.75, 3.05) is 25.5 Å². The van der Waals surface area contributed by atoms with Crippen LogP contribution in [-0.4, -0.2) is 67.4 Å². The summed E-state index contributed by atoms with van der Waals surface area (Å²) in [5.41, 5.74) is 10.6. The second kappa shape index (κ2) is 11.6. The Morgan fingerprint density at radius 3 is 2.23 bits per heavy atom. The van der Waals surface area contributed by atoms with E-state index in [-0.39, 0.29) is 56.3 Å². The largest absolute Gasteiger partial charge is 0.491 e. The minimum atomic E-state index is -4.13. The maximum Gasteiger partial charge on any atom is 0.325 e. The first kappa shape index (κ1) is 25.3. The van der Waals surface area contributed by atoms with Gasteiger partial charge in [-0.25, -0.2) is 4.99 Å². The molecule has 0 bridgehead atoms. The second-order valence-electron chi connectivity index (χ2n) is 6.82. The highest BCUT2D eigenvalue weighted by Gasteiger charge is 2.33. The van der Waals surface area contributed by atoms with Gasteiger partial charge in [0.1, 0.15) is 5.76 Å². The first-order valence-electron chi connectivity index (χ1n) is 9.47. The Bertz CT molecular complexity index is 948. The van der Waals surface area contributed by atoms with E-state index in [9.17, 15) is 14.7 Å². The van der Waals surface area contributed by atoms with E-state index in [4.69, 9.17) is 29.0 Å². The summed E-state index contributed by atoms with van der Waals surface area (Å²) in [4.78, 5) is 43.6. The van der Waals surface area contributed by atoms with Crippen molar-refractivity contribution in [3.05, 3.63) is 47.7 Å². The molecular formula is C18H25N3O8P2. The Kier molecular flexibility index (Phi) is 9.50. The normalized spacial score (nSPS) is 18.6. The molecule has 31 heavy (non-hydrogen) atoms. The van der Waals surface area contributed by atoms with Crippen LogP contribution in [-0.2, 0) is 18.6 Å². The fourth-order valence-corrected chi connectivity index (χ4v) is 3.84. The molecule has 1 aliphatic rings. The van der Waals surface area contributed by atoms with E-state index in [1.165, 1.54) is 6.08 Å². The van der Waals surface area contributed by atoms with Crippen LogP contribution in [0.25, 0.3) is 5.53 Å². The topological polar surface area (TPSA) is 182 Å². The van der Waals surface area contributed by atoms with Gasteiger partial charge in [-0.1, -0.05) is 18.2 Å². The number of allylic oxidation sites excluding steroid dienone is 1. The molecule has 1 aliphatic carbocycles. The summed E-state index contributed by atoms with van der Waals surface area (Å²) in [6.07, 6.45) is 0.503. The van der Waals surface area contributed by atoms with Crippen molar-refractivity contribution < 1.29 is 43.0 Å². The molecule has 1 aromatic rings. The Labute approximate surface area is 179 Å². The highest BCUT2D eigenvalue weighted by Crippen LogP contribution is 2.35. The molecule has 1 unspecified atom stereocenters. The lowest BCUT2D eigenvalue weighted by Gasteiger charge is -2.21. The van der Waals surface area contributed by atoms with E-state index < -0.39 is 21.3 Å². The van der Waals surface area contributed by atoms with Gasteiger partial charge in [0.05, 0.1) is 36.4 Å². The van der Waals surface area contributed by atoms with E-state index in [1.807, 2.05) is 18.2 Å². The van der Waals surface area contributed by atoms with Crippen molar-refractivity contribution in [3.63, 3.8) is 0 Å². The van der Waals surface area contributed by atoms with Crippen LogP contribution >= 0.6 is 15.2 Å². The first-order chi connectivity index (χ1) is 14.6. The zero-order chi connectivity index (χ0) is 22.9. The lowest BCUT2D eigenvalue weighted by molar-refractivity contribution is -0.0283. The number of rotatable bonds is 11. The summed E-state index contributed by atoms with van der Waals surface area (Å²) in [7, 11) is -8.25. The van der Waals surface area contributed by atoms with E-state index in [0.29, 0.717) is 11.4 Å². The molecule has 11 nitrogen and oxygen atoms in total. The summed E-state index contributed by atoms with van der Waals surface area (Å²) in [6.45, 7) is 0.0665. The third-order valence-corrected chi connectivity index (χ3v) is 5.97. The van der Waals surface area contributed by atoms with Gasteiger partial charge < -0.3 is 34.6 Å². The maximum atomic E-state index is 11.0. The summed E-state index contributed by atoms with van der Waals surface area (Å²) in [5, 5.41) is 0. The van der Waals surface area contributed by atoms with E-state index >= 15 is 0 Å². The Balaban J connectivity index is 2.15. The van der Waals surface area contributed by atoms with Gasteiger partial charge in [-0.3, -0.25) is 9.13 Å².